The Kier molecular flexibility index (Phi) is 5.74. The maximum Gasteiger partial charge on any atom is 0.128 e. The highest BCUT2D eigenvalue weighted by Gasteiger charge is 2.40. The van der Waals surface area contributed by atoms with Gasteiger partial charge in [0.1, 0.15) is 11.9 Å². The molecule has 0 saturated carbocycles. The van der Waals surface area contributed by atoms with Crippen LogP contribution in [0.15, 0.2) is 176 Å². The van der Waals surface area contributed by atoms with E-state index in [9.17, 15) is 0 Å². The molecule has 0 bridgehead atoms. The van der Waals surface area contributed by atoms with Crippen molar-refractivity contribution in [2.75, 3.05) is 0 Å². The van der Waals surface area contributed by atoms with Gasteiger partial charge in [0.25, 0.3) is 0 Å². The Balaban J connectivity index is 1.13. The van der Waals surface area contributed by atoms with Crippen LogP contribution in [0, 0.1) is 0 Å². The number of hydrogen-bond donors (Lipinski definition) is 0. The number of benzene rings is 8. The number of ether oxygens (including phenoxy) is 1. The summed E-state index contributed by atoms with van der Waals surface area (Å²) in [4.78, 5) is 0. The third-order valence-electron chi connectivity index (χ3n) is 12.4. The summed E-state index contributed by atoms with van der Waals surface area (Å²) in [6.07, 6.45) is 4.53. The number of nitrogens with zero attached hydrogens (tertiary/aromatic N) is 2. The minimum Gasteiger partial charge on any atom is -0.485 e. The third kappa shape index (κ3) is 3.89. The van der Waals surface area contributed by atoms with E-state index in [4.69, 9.17) is 4.74 Å². The van der Waals surface area contributed by atoms with Gasteiger partial charge in [-0.05, 0) is 104 Å². The van der Waals surface area contributed by atoms with Gasteiger partial charge in [-0.15, -0.1) is 0 Å². The molecule has 3 aliphatic rings. The van der Waals surface area contributed by atoms with Crippen molar-refractivity contribution in [3.63, 3.8) is 0 Å². The number of hydrogen-bond acceptors (Lipinski definition) is 1. The molecule has 8 aromatic carbocycles. The molecule has 0 radical (unpaired) electrons. The van der Waals surface area contributed by atoms with E-state index in [1.165, 1.54) is 99.4 Å². The van der Waals surface area contributed by atoms with Crippen LogP contribution in [0.5, 0.6) is 5.75 Å². The normalized spacial score (nSPS) is 16.1. The van der Waals surface area contributed by atoms with Gasteiger partial charge in [-0.2, -0.15) is 0 Å². The highest BCUT2D eigenvalue weighted by molar-refractivity contribution is 6.22. The van der Waals surface area contributed by atoms with Gasteiger partial charge < -0.3 is 13.9 Å². The molecule has 256 valence electrons. The van der Waals surface area contributed by atoms with Crippen molar-refractivity contribution in [1.29, 1.82) is 0 Å². The molecule has 3 nitrogen and oxygen atoms in total. The van der Waals surface area contributed by atoms with E-state index in [1.54, 1.807) is 0 Å². The fraction of sp³-hybridized carbons (Fsp3) is 0.0385. The predicted molar refractivity (Wildman–Crippen MR) is 227 cm³/mol. The minimum absolute atomic E-state index is 0.0448. The first-order chi connectivity index (χ1) is 27.3. The molecule has 0 spiro atoms. The van der Waals surface area contributed by atoms with E-state index in [1.807, 2.05) is 0 Å². The van der Waals surface area contributed by atoms with Crippen molar-refractivity contribution in [2.45, 2.75) is 12.0 Å². The quantitative estimate of drug-likeness (QED) is 0.180. The second-order valence-corrected chi connectivity index (χ2v) is 15.2. The first-order valence-electron chi connectivity index (χ1n) is 19.2. The fourth-order valence-corrected chi connectivity index (χ4v) is 10.2. The van der Waals surface area contributed by atoms with Crippen LogP contribution in [-0.4, -0.2) is 15.2 Å². The summed E-state index contributed by atoms with van der Waals surface area (Å²) in [5.41, 5.74) is 17.4. The molecule has 0 amide bonds. The summed E-state index contributed by atoms with van der Waals surface area (Å²) in [5, 5.41) is 6.42. The maximum absolute atomic E-state index is 6.61. The molecule has 13 rings (SSSR count). The van der Waals surface area contributed by atoms with E-state index >= 15 is 0 Å². The average Bonchev–Trinajstić information content (AvgIpc) is 3.98. The van der Waals surface area contributed by atoms with Crippen LogP contribution in [0.2, 0.25) is 0 Å². The van der Waals surface area contributed by atoms with E-state index in [2.05, 4.69) is 191 Å². The summed E-state index contributed by atoms with van der Waals surface area (Å²) in [5.74, 6) is 1.08. The zero-order valence-electron chi connectivity index (χ0n) is 29.8. The largest absolute Gasteiger partial charge is 0.485 e. The summed E-state index contributed by atoms with van der Waals surface area (Å²) in [6, 6.07) is 62.5. The minimum atomic E-state index is -0.0448. The number of aromatic nitrogens is 2. The Hall–Kier alpha value is -7.10. The summed E-state index contributed by atoms with van der Waals surface area (Å²) >= 11 is 0. The van der Waals surface area contributed by atoms with Crippen LogP contribution in [0.1, 0.15) is 22.7 Å². The van der Waals surface area contributed by atoms with Gasteiger partial charge >= 0.3 is 0 Å². The second kappa shape index (κ2) is 10.7. The van der Waals surface area contributed by atoms with E-state index in [0.717, 1.165) is 11.4 Å². The SMILES string of the molecule is C1=CC2Oc3ccccc3C2c2c1n(-c1cccc(-c3ccccc3)c1)c1c2ccc2c1c1ccccc1n2-c1ccc2c(c1)-c1cccc3cccc-2c13. The van der Waals surface area contributed by atoms with Crippen LogP contribution in [-0.2, 0) is 0 Å². The van der Waals surface area contributed by atoms with Gasteiger partial charge in [0.15, 0.2) is 0 Å². The van der Waals surface area contributed by atoms with Gasteiger partial charge in [-0.1, -0.05) is 127 Å². The van der Waals surface area contributed by atoms with Gasteiger partial charge in [0, 0.05) is 33.1 Å². The Morgan fingerprint density at radius 1 is 0.473 bits per heavy atom. The molecule has 2 aliphatic carbocycles. The second-order valence-electron chi connectivity index (χ2n) is 15.2. The number of rotatable bonds is 3. The average molecular weight is 701 g/mol. The number of fused-ring (bicyclic) bond motifs is 14. The van der Waals surface area contributed by atoms with Crippen LogP contribution >= 0.6 is 0 Å². The smallest absolute Gasteiger partial charge is 0.128 e. The van der Waals surface area contributed by atoms with Crippen molar-refractivity contribution in [2.24, 2.45) is 0 Å². The van der Waals surface area contributed by atoms with Crippen LogP contribution in [0.3, 0.4) is 0 Å². The van der Waals surface area contributed by atoms with Gasteiger partial charge in [-0.25, -0.2) is 0 Å². The predicted octanol–water partition coefficient (Wildman–Crippen LogP) is 13.1. The molecule has 1 aliphatic heterocycles. The maximum atomic E-state index is 6.61. The molecular weight excluding hydrogens is 669 g/mol. The standard InChI is InChI=1S/C52H32N2O/c1-2-11-31(12-3-1)33-15-8-16-34(29-33)54-44-27-28-47-51(40-18-5-7-22-46(40)55-47)49(44)41-25-26-45-50(52(41)54)39-17-4-6-21-43(39)53(45)35-23-24-36-37-19-9-13-32-14-10-20-38(48(32)37)42(36)30-35/h1-30,47,51H. The zero-order chi connectivity index (χ0) is 35.8. The lowest BCUT2D eigenvalue weighted by molar-refractivity contribution is 0.267. The van der Waals surface area contributed by atoms with Gasteiger partial charge in [0.2, 0.25) is 0 Å². The topological polar surface area (TPSA) is 19.1 Å². The van der Waals surface area contributed by atoms with Gasteiger partial charge in [0.05, 0.1) is 28.2 Å². The highest BCUT2D eigenvalue weighted by atomic mass is 16.5. The Morgan fingerprint density at radius 2 is 1.24 bits per heavy atom. The van der Waals surface area contributed by atoms with E-state index in [-0.39, 0.29) is 12.0 Å². The van der Waals surface area contributed by atoms with Gasteiger partial charge in [-0.3, -0.25) is 0 Å². The monoisotopic (exact) mass is 700 g/mol. The van der Waals surface area contributed by atoms with Crippen molar-refractivity contribution < 1.29 is 4.74 Å². The lowest BCUT2D eigenvalue weighted by atomic mass is 9.83. The Labute approximate surface area is 317 Å². The fourth-order valence-electron chi connectivity index (χ4n) is 10.2. The molecule has 55 heavy (non-hydrogen) atoms. The lowest BCUT2D eigenvalue weighted by Gasteiger charge is -2.22. The molecule has 2 aromatic heterocycles. The Morgan fingerprint density at radius 3 is 2.15 bits per heavy atom. The van der Waals surface area contributed by atoms with E-state index < -0.39 is 0 Å². The lowest BCUT2D eigenvalue weighted by Crippen LogP contribution is -2.20. The molecule has 0 fully saturated rings. The molecule has 3 heterocycles. The van der Waals surface area contributed by atoms with Crippen molar-refractivity contribution >= 4 is 49.6 Å². The molecule has 3 heteroatoms. The molecule has 2 unspecified atom stereocenters. The summed E-state index contributed by atoms with van der Waals surface area (Å²) in [6.45, 7) is 0. The third-order valence-corrected chi connectivity index (χ3v) is 12.4. The van der Waals surface area contributed by atoms with Crippen molar-refractivity contribution in [3.8, 4) is 50.5 Å². The van der Waals surface area contributed by atoms with E-state index in [0.29, 0.717) is 0 Å². The van der Waals surface area contributed by atoms with Crippen LogP contribution in [0.4, 0.5) is 0 Å². The van der Waals surface area contributed by atoms with Crippen LogP contribution in [0.25, 0.3) is 94.3 Å². The Bertz CT molecular complexity index is 3300. The first kappa shape index (κ1) is 29.4. The summed E-state index contributed by atoms with van der Waals surface area (Å²) in [7, 11) is 0. The first-order valence-corrected chi connectivity index (χ1v) is 19.2. The van der Waals surface area contributed by atoms with Crippen molar-refractivity contribution in [3.05, 3.63) is 193 Å². The van der Waals surface area contributed by atoms with Crippen LogP contribution < -0.4 is 4.74 Å². The zero-order valence-corrected chi connectivity index (χ0v) is 29.8. The molecular formula is C52H32N2O. The molecule has 0 N–H and O–H groups in total. The molecule has 10 aromatic rings. The highest BCUT2D eigenvalue weighted by Crippen LogP contribution is 2.53. The number of para-hydroxylation sites is 2. The van der Waals surface area contributed by atoms with Crippen molar-refractivity contribution in [1.82, 2.24) is 9.13 Å². The molecule has 0 saturated heterocycles. The summed E-state index contributed by atoms with van der Waals surface area (Å²) < 4.78 is 11.6. The molecule has 2 atom stereocenters.